The molecule has 1 saturated heterocycles. The fraction of sp³-hybridized carbons (Fsp3) is 0.429. The Hall–Kier alpha value is -1.53. The zero-order valence-corrected chi connectivity index (χ0v) is 17.4. The topological polar surface area (TPSA) is 41.1 Å². The first kappa shape index (κ1) is 20.2. The van der Waals surface area contributed by atoms with Crippen LogP contribution in [0.25, 0.3) is 10.2 Å². The van der Waals surface area contributed by atoms with Gasteiger partial charge in [-0.3, -0.25) is 9.88 Å². The number of hydrogen-bond acceptors (Lipinski definition) is 5. The number of aromatic nitrogens is 2. The first-order valence-electron chi connectivity index (χ1n) is 9.49. The highest BCUT2D eigenvalue weighted by Gasteiger charge is 2.21. The Morgan fingerprint density at radius 3 is 2.93 bits per heavy atom. The summed E-state index contributed by atoms with van der Waals surface area (Å²) in [4.78, 5) is 11.8. The van der Waals surface area contributed by atoms with Crippen molar-refractivity contribution in [1.29, 1.82) is 0 Å². The molecule has 1 atom stereocenters. The van der Waals surface area contributed by atoms with Crippen molar-refractivity contribution in [3.63, 3.8) is 0 Å². The summed E-state index contributed by atoms with van der Waals surface area (Å²) in [5.41, 5.74) is 3.64. The standard InChI is InChI=1S/C21H26N4S.ClH/c1-16-24-20-8-7-17(13-21(20)26-16)14-25(15-18-5-2-3-11-23-18)19-6-4-10-22-12-9-19;/h2-3,5,7-8,11,13,19,22H,4,6,9-10,12,14-15H2,1H3;1H. The molecule has 4 nitrogen and oxygen atoms in total. The van der Waals surface area contributed by atoms with Gasteiger partial charge in [0.25, 0.3) is 0 Å². The lowest BCUT2D eigenvalue weighted by Gasteiger charge is -2.31. The maximum absolute atomic E-state index is 4.59. The molecule has 1 fully saturated rings. The van der Waals surface area contributed by atoms with E-state index in [1.165, 1.54) is 29.5 Å². The summed E-state index contributed by atoms with van der Waals surface area (Å²) < 4.78 is 1.29. The molecule has 3 heterocycles. The van der Waals surface area contributed by atoms with Crippen LogP contribution < -0.4 is 5.32 Å². The second kappa shape index (κ2) is 9.60. The summed E-state index contributed by atoms with van der Waals surface area (Å²) in [5.74, 6) is 0. The maximum atomic E-state index is 4.59. The number of halogens is 1. The van der Waals surface area contributed by atoms with Gasteiger partial charge >= 0.3 is 0 Å². The van der Waals surface area contributed by atoms with Crippen molar-refractivity contribution in [1.82, 2.24) is 20.2 Å². The first-order chi connectivity index (χ1) is 12.8. The average molecular weight is 403 g/mol. The van der Waals surface area contributed by atoms with E-state index in [1.54, 1.807) is 11.3 Å². The van der Waals surface area contributed by atoms with Crippen LogP contribution >= 0.6 is 23.7 Å². The summed E-state index contributed by atoms with van der Waals surface area (Å²) in [6.07, 6.45) is 5.60. The Kier molecular flexibility index (Phi) is 7.19. The molecule has 27 heavy (non-hydrogen) atoms. The molecule has 3 aromatic rings. The smallest absolute Gasteiger partial charge is 0.0907 e. The normalized spacial score (nSPS) is 17.6. The highest BCUT2D eigenvalue weighted by atomic mass is 35.5. The second-order valence-electron chi connectivity index (χ2n) is 7.10. The molecule has 144 valence electrons. The van der Waals surface area contributed by atoms with Crippen molar-refractivity contribution < 1.29 is 0 Å². The van der Waals surface area contributed by atoms with Gasteiger partial charge in [-0.1, -0.05) is 12.1 Å². The van der Waals surface area contributed by atoms with Crippen LogP contribution in [0, 0.1) is 6.92 Å². The number of hydrogen-bond donors (Lipinski definition) is 1. The van der Waals surface area contributed by atoms with Crippen LogP contribution in [0.2, 0.25) is 0 Å². The largest absolute Gasteiger partial charge is 0.317 e. The predicted octanol–water partition coefficient (Wildman–Crippen LogP) is 4.57. The highest BCUT2D eigenvalue weighted by Crippen LogP contribution is 2.25. The molecule has 1 unspecified atom stereocenters. The predicted molar refractivity (Wildman–Crippen MR) is 116 cm³/mol. The number of pyridine rings is 1. The molecule has 1 aromatic carbocycles. The summed E-state index contributed by atoms with van der Waals surface area (Å²) in [6.45, 7) is 6.20. The van der Waals surface area contributed by atoms with Gasteiger partial charge in [0.05, 0.1) is 20.9 Å². The minimum atomic E-state index is 0. The maximum Gasteiger partial charge on any atom is 0.0907 e. The fourth-order valence-corrected chi connectivity index (χ4v) is 4.69. The van der Waals surface area contributed by atoms with Gasteiger partial charge in [-0.15, -0.1) is 23.7 Å². The summed E-state index contributed by atoms with van der Waals surface area (Å²) in [5, 5.41) is 4.67. The molecule has 0 spiro atoms. The molecule has 0 radical (unpaired) electrons. The zero-order valence-electron chi connectivity index (χ0n) is 15.7. The minimum absolute atomic E-state index is 0. The molecule has 1 aliphatic heterocycles. The van der Waals surface area contributed by atoms with Crippen LogP contribution in [-0.2, 0) is 13.1 Å². The quantitative estimate of drug-likeness (QED) is 0.678. The van der Waals surface area contributed by atoms with E-state index in [2.05, 4.69) is 57.4 Å². The SMILES string of the molecule is Cc1nc2ccc(CN(Cc3ccccn3)C3CCCNCC3)cc2s1.Cl. The van der Waals surface area contributed by atoms with E-state index in [-0.39, 0.29) is 12.4 Å². The molecule has 6 heteroatoms. The third-order valence-electron chi connectivity index (χ3n) is 5.10. The second-order valence-corrected chi connectivity index (χ2v) is 8.33. The number of thiazole rings is 1. The molecule has 1 N–H and O–H groups in total. The van der Waals surface area contributed by atoms with Crippen LogP contribution in [0.15, 0.2) is 42.6 Å². The lowest BCUT2D eigenvalue weighted by molar-refractivity contribution is 0.162. The van der Waals surface area contributed by atoms with Gasteiger partial charge in [-0.05, 0) is 69.1 Å². The number of aryl methyl sites for hydroxylation is 1. The molecular formula is C21H27ClN4S. The average Bonchev–Trinajstić information content (AvgIpc) is 2.84. The van der Waals surface area contributed by atoms with E-state index in [4.69, 9.17) is 0 Å². The Morgan fingerprint density at radius 1 is 1.15 bits per heavy atom. The number of benzene rings is 1. The van der Waals surface area contributed by atoms with Crippen molar-refractivity contribution in [2.45, 2.75) is 45.3 Å². The van der Waals surface area contributed by atoms with E-state index in [1.807, 2.05) is 12.3 Å². The van der Waals surface area contributed by atoms with Gasteiger partial charge in [-0.2, -0.15) is 0 Å². The number of nitrogens with one attached hydrogen (secondary N) is 1. The van der Waals surface area contributed by atoms with Gasteiger partial charge in [0.15, 0.2) is 0 Å². The summed E-state index contributed by atoms with van der Waals surface area (Å²) in [6, 6.07) is 13.5. The Bertz CT molecular complexity index is 844. The first-order valence-corrected chi connectivity index (χ1v) is 10.3. The molecule has 0 aliphatic carbocycles. The van der Waals surface area contributed by atoms with E-state index in [9.17, 15) is 0 Å². The minimum Gasteiger partial charge on any atom is -0.317 e. The van der Waals surface area contributed by atoms with Gasteiger partial charge in [0, 0.05) is 25.3 Å². The van der Waals surface area contributed by atoms with Crippen LogP contribution in [0.1, 0.15) is 35.5 Å². The molecule has 0 bridgehead atoms. The zero-order chi connectivity index (χ0) is 17.8. The van der Waals surface area contributed by atoms with Crippen molar-refractivity contribution in [2.24, 2.45) is 0 Å². The van der Waals surface area contributed by atoms with Crippen molar-refractivity contribution in [3.05, 3.63) is 58.9 Å². The molecule has 1 aliphatic rings. The molecule has 2 aromatic heterocycles. The number of fused-ring (bicyclic) bond motifs is 1. The van der Waals surface area contributed by atoms with Crippen molar-refractivity contribution in [3.8, 4) is 0 Å². The van der Waals surface area contributed by atoms with Gasteiger partial charge in [-0.25, -0.2) is 4.98 Å². The van der Waals surface area contributed by atoms with Crippen LogP contribution in [0.4, 0.5) is 0 Å². The number of rotatable bonds is 5. The fourth-order valence-electron chi connectivity index (χ4n) is 3.80. The third kappa shape index (κ3) is 5.26. The van der Waals surface area contributed by atoms with Gasteiger partial charge in [0.1, 0.15) is 0 Å². The van der Waals surface area contributed by atoms with Crippen LogP contribution in [-0.4, -0.2) is 34.0 Å². The van der Waals surface area contributed by atoms with Crippen LogP contribution in [0.3, 0.4) is 0 Å². The molecule has 0 amide bonds. The van der Waals surface area contributed by atoms with E-state index in [0.717, 1.165) is 42.4 Å². The highest BCUT2D eigenvalue weighted by molar-refractivity contribution is 7.18. The third-order valence-corrected chi connectivity index (χ3v) is 6.03. The molecule has 0 saturated carbocycles. The van der Waals surface area contributed by atoms with E-state index >= 15 is 0 Å². The Labute approximate surface area is 171 Å². The lowest BCUT2D eigenvalue weighted by Crippen LogP contribution is -2.35. The van der Waals surface area contributed by atoms with Crippen LogP contribution in [0.5, 0.6) is 0 Å². The van der Waals surface area contributed by atoms with E-state index in [0.29, 0.717) is 6.04 Å². The van der Waals surface area contributed by atoms with Gasteiger partial charge in [0.2, 0.25) is 0 Å². The van der Waals surface area contributed by atoms with Crippen molar-refractivity contribution in [2.75, 3.05) is 13.1 Å². The Morgan fingerprint density at radius 2 is 2.07 bits per heavy atom. The monoisotopic (exact) mass is 402 g/mol. The van der Waals surface area contributed by atoms with Gasteiger partial charge < -0.3 is 5.32 Å². The summed E-state index contributed by atoms with van der Waals surface area (Å²) in [7, 11) is 0. The molecule has 4 rings (SSSR count). The summed E-state index contributed by atoms with van der Waals surface area (Å²) >= 11 is 1.78. The Balaban J connectivity index is 0.00000210. The number of nitrogens with zero attached hydrogens (tertiary/aromatic N) is 3. The van der Waals surface area contributed by atoms with E-state index < -0.39 is 0 Å². The lowest BCUT2D eigenvalue weighted by atomic mass is 10.1. The van der Waals surface area contributed by atoms with Crippen molar-refractivity contribution >= 4 is 34.0 Å². The molecular weight excluding hydrogens is 376 g/mol.